The zero-order chi connectivity index (χ0) is 29.9. The lowest BCUT2D eigenvalue weighted by Gasteiger charge is -2.48. The first-order valence-electron chi connectivity index (χ1n) is 13.9. The van der Waals surface area contributed by atoms with E-state index in [1.807, 2.05) is 38.2 Å². The molecule has 41 heavy (non-hydrogen) atoms. The van der Waals surface area contributed by atoms with Crippen LogP contribution in [0.25, 0.3) is 0 Å². The van der Waals surface area contributed by atoms with E-state index < -0.39 is 5.92 Å². The lowest BCUT2D eigenvalue weighted by Crippen LogP contribution is -2.43. The Labute approximate surface area is 251 Å². The van der Waals surface area contributed by atoms with Crippen molar-refractivity contribution in [3.63, 3.8) is 0 Å². The highest BCUT2D eigenvalue weighted by molar-refractivity contribution is 6.37. The summed E-state index contributed by atoms with van der Waals surface area (Å²) in [6, 6.07) is 10.9. The summed E-state index contributed by atoms with van der Waals surface area (Å²) in [7, 11) is 1.97. The normalized spacial score (nSPS) is 20.1. The van der Waals surface area contributed by atoms with Gasteiger partial charge in [-0.1, -0.05) is 68.6 Å². The van der Waals surface area contributed by atoms with E-state index in [4.69, 9.17) is 27.9 Å². The molecule has 5 rings (SSSR count). The van der Waals surface area contributed by atoms with Gasteiger partial charge in [0.2, 0.25) is 0 Å². The average Bonchev–Trinajstić information content (AvgIpc) is 2.85. The van der Waals surface area contributed by atoms with E-state index in [-0.39, 0.29) is 50.7 Å². The van der Waals surface area contributed by atoms with Crippen LogP contribution in [0.4, 0.5) is 5.69 Å². The summed E-state index contributed by atoms with van der Waals surface area (Å²) in [5.41, 5.74) is 5.26. The van der Waals surface area contributed by atoms with E-state index in [0.29, 0.717) is 35.2 Å². The summed E-state index contributed by atoms with van der Waals surface area (Å²) < 4.78 is 5.75. The number of rotatable bonds is 5. The summed E-state index contributed by atoms with van der Waals surface area (Å²) in [4.78, 5) is 42.0. The topological polar surface area (TPSA) is 75.7 Å². The molecule has 8 heteroatoms. The van der Waals surface area contributed by atoms with Crippen LogP contribution in [-0.2, 0) is 14.4 Å². The van der Waals surface area contributed by atoms with E-state index in [1.54, 1.807) is 12.1 Å². The number of halogens is 2. The molecule has 0 saturated carbocycles. The standard InChI is InChI=1S/C33H36Cl2N2O4/c1-18-7-9-20(10-8-18)36-27(40)17-41-31-21(34)11-19(12-22(31)35)28-29-23(13-32(2,3)15-25(29)38)37(6)24-14-33(4,5)16-26(39)30(24)28/h7-12,28H,13-17H2,1-6H3,(H,36,40). The summed E-state index contributed by atoms with van der Waals surface area (Å²) >= 11 is 13.4. The minimum atomic E-state index is -0.558. The number of ketones is 2. The molecule has 2 aromatic rings. The molecule has 0 spiro atoms. The molecular formula is C33H36Cl2N2O4. The predicted octanol–water partition coefficient (Wildman–Crippen LogP) is 7.63. The number of benzene rings is 2. The molecule has 0 atom stereocenters. The Balaban J connectivity index is 1.50. The molecule has 0 saturated heterocycles. The highest BCUT2D eigenvalue weighted by atomic mass is 35.5. The molecule has 2 aliphatic carbocycles. The van der Waals surface area contributed by atoms with Crippen LogP contribution in [0, 0.1) is 17.8 Å². The molecule has 1 N–H and O–H groups in total. The van der Waals surface area contributed by atoms with Crippen LogP contribution in [-0.4, -0.2) is 36.0 Å². The molecule has 0 aromatic heterocycles. The number of anilines is 1. The van der Waals surface area contributed by atoms with Crippen molar-refractivity contribution in [3.05, 3.63) is 80.1 Å². The number of hydrogen-bond acceptors (Lipinski definition) is 5. The van der Waals surface area contributed by atoms with Crippen molar-refractivity contribution in [2.24, 2.45) is 10.8 Å². The summed E-state index contributed by atoms with van der Waals surface area (Å²) in [6.45, 7) is 10.1. The van der Waals surface area contributed by atoms with Crippen molar-refractivity contribution in [1.29, 1.82) is 0 Å². The third-order valence-corrected chi connectivity index (χ3v) is 8.78. The van der Waals surface area contributed by atoms with Gasteiger partial charge in [0.1, 0.15) is 0 Å². The number of allylic oxidation sites excluding steroid dienone is 4. The van der Waals surface area contributed by atoms with E-state index in [0.717, 1.165) is 29.8 Å². The maximum atomic E-state index is 13.7. The quantitative estimate of drug-likeness (QED) is 0.385. The molecule has 0 fully saturated rings. The number of aryl methyl sites for hydroxylation is 1. The molecule has 0 bridgehead atoms. The van der Waals surface area contributed by atoms with Crippen molar-refractivity contribution in [2.45, 2.75) is 66.2 Å². The van der Waals surface area contributed by atoms with Crippen LogP contribution in [0.2, 0.25) is 10.0 Å². The first-order valence-corrected chi connectivity index (χ1v) is 14.7. The summed E-state index contributed by atoms with van der Waals surface area (Å²) in [5.74, 6) is -0.650. The van der Waals surface area contributed by atoms with Gasteiger partial charge in [-0.05, 0) is 60.4 Å². The van der Waals surface area contributed by atoms with Crippen molar-refractivity contribution < 1.29 is 19.1 Å². The Hall–Kier alpha value is -3.09. The number of amides is 1. The second-order valence-corrected chi connectivity index (χ2v) is 13.9. The number of Topliss-reactive ketones (excluding diaryl/α,β-unsaturated/α-hetero) is 2. The maximum absolute atomic E-state index is 13.7. The van der Waals surface area contributed by atoms with Gasteiger partial charge in [-0.25, -0.2) is 0 Å². The Morgan fingerprint density at radius 2 is 1.39 bits per heavy atom. The van der Waals surface area contributed by atoms with Crippen LogP contribution >= 0.6 is 23.2 Å². The van der Waals surface area contributed by atoms with Crippen LogP contribution in [0.1, 0.15) is 70.4 Å². The third-order valence-electron chi connectivity index (χ3n) is 8.22. The number of carbonyl (C=O) groups is 3. The molecule has 1 amide bonds. The van der Waals surface area contributed by atoms with E-state index >= 15 is 0 Å². The van der Waals surface area contributed by atoms with Crippen molar-refractivity contribution in [1.82, 2.24) is 4.90 Å². The Kier molecular flexibility index (Phi) is 7.62. The van der Waals surface area contributed by atoms with Gasteiger partial charge in [-0.3, -0.25) is 14.4 Å². The predicted molar refractivity (Wildman–Crippen MR) is 162 cm³/mol. The second kappa shape index (κ2) is 10.6. The summed E-state index contributed by atoms with van der Waals surface area (Å²) in [6.07, 6.45) is 2.25. The average molecular weight is 596 g/mol. The summed E-state index contributed by atoms with van der Waals surface area (Å²) in [5, 5.41) is 3.22. The minimum absolute atomic E-state index is 0.0395. The number of hydrogen-bond donors (Lipinski definition) is 1. The molecule has 1 heterocycles. The highest BCUT2D eigenvalue weighted by Gasteiger charge is 2.48. The molecule has 2 aromatic carbocycles. The van der Waals surface area contributed by atoms with Crippen LogP contribution in [0.3, 0.4) is 0 Å². The largest absolute Gasteiger partial charge is 0.481 e. The SMILES string of the molecule is Cc1ccc(NC(=O)COc2c(Cl)cc(C3C4=C(CC(C)(C)CC4=O)N(C)C4=C3C(=O)CC(C)(C)C4)cc2Cl)cc1. The van der Waals surface area contributed by atoms with Gasteiger partial charge in [-0.15, -0.1) is 0 Å². The fraction of sp³-hybridized carbons (Fsp3) is 0.424. The lowest BCUT2D eigenvalue weighted by molar-refractivity contribution is -0.120. The number of ether oxygens (including phenoxy) is 1. The monoisotopic (exact) mass is 594 g/mol. The lowest BCUT2D eigenvalue weighted by atomic mass is 9.64. The third kappa shape index (κ3) is 5.82. The Morgan fingerprint density at radius 3 is 1.88 bits per heavy atom. The second-order valence-electron chi connectivity index (χ2n) is 13.1. The molecule has 216 valence electrons. The van der Waals surface area contributed by atoms with Gasteiger partial charge >= 0.3 is 0 Å². The molecule has 6 nitrogen and oxygen atoms in total. The van der Waals surface area contributed by atoms with Gasteiger partial charge in [0.15, 0.2) is 23.9 Å². The highest BCUT2D eigenvalue weighted by Crippen LogP contribution is 2.54. The fourth-order valence-electron chi connectivity index (χ4n) is 6.35. The van der Waals surface area contributed by atoms with E-state index in [2.05, 4.69) is 37.9 Å². The van der Waals surface area contributed by atoms with Gasteiger partial charge in [0, 0.05) is 54.0 Å². The maximum Gasteiger partial charge on any atom is 0.262 e. The van der Waals surface area contributed by atoms with Gasteiger partial charge in [0.25, 0.3) is 5.91 Å². The van der Waals surface area contributed by atoms with Crippen molar-refractivity contribution in [2.75, 3.05) is 19.0 Å². The van der Waals surface area contributed by atoms with Crippen LogP contribution < -0.4 is 10.1 Å². The molecule has 3 aliphatic rings. The molecule has 0 radical (unpaired) electrons. The van der Waals surface area contributed by atoms with Gasteiger partial charge < -0.3 is 15.0 Å². The molecular weight excluding hydrogens is 559 g/mol. The molecule has 1 aliphatic heterocycles. The number of nitrogens with zero attached hydrogens (tertiary/aromatic N) is 1. The van der Waals surface area contributed by atoms with Crippen LogP contribution in [0.5, 0.6) is 5.75 Å². The van der Waals surface area contributed by atoms with Crippen LogP contribution in [0.15, 0.2) is 58.9 Å². The first-order chi connectivity index (χ1) is 19.2. The van der Waals surface area contributed by atoms with Gasteiger partial charge in [0.05, 0.1) is 10.0 Å². The zero-order valence-electron chi connectivity index (χ0n) is 24.4. The van der Waals surface area contributed by atoms with Crippen molar-refractivity contribution in [3.8, 4) is 5.75 Å². The smallest absolute Gasteiger partial charge is 0.262 e. The van der Waals surface area contributed by atoms with Crippen molar-refractivity contribution >= 4 is 46.4 Å². The minimum Gasteiger partial charge on any atom is -0.481 e. The molecule has 0 unspecified atom stereocenters. The van der Waals surface area contributed by atoms with Gasteiger partial charge in [-0.2, -0.15) is 0 Å². The number of carbonyl (C=O) groups excluding carboxylic acids is 3. The van der Waals surface area contributed by atoms with E-state index in [1.165, 1.54) is 0 Å². The fourth-order valence-corrected chi connectivity index (χ4v) is 6.97. The Morgan fingerprint density at radius 1 is 0.902 bits per heavy atom. The first kappa shape index (κ1) is 29.4. The number of nitrogens with one attached hydrogen (secondary N) is 1. The zero-order valence-corrected chi connectivity index (χ0v) is 25.9. The van der Waals surface area contributed by atoms with E-state index in [9.17, 15) is 14.4 Å². The Bertz CT molecular complexity index is 1440.